The van der Waals surface area contributed by atoms with Crippen LogP contribution in [0, 0.1) is 0 Å². The van der Waals surface area contributed by atoms with Crippen LogP contribution in [0.2, 0.25) is 25.7 Å². The fourth-order valence-corrected chi connectivity index (χ4v) is 6.43. The van der Waals surface area contributed by atoms with E-state index >= 15 is 0 Å². The number of rotatable bonds is 11. The molecule has 50 heavy (non-hydrogen) atoms. The van der Waals surface area contributed by atoms with Crippen molar-refractivity contribution in [2.24, 2.45) is 0 Å². The minimum absolute atomic E-state index is 0.0283. The molecule has 0 spiro atoms. The van der Waals surface area contributed by atoms with Gasteiger partial charge in [0.25, 0.3) is 0 Å². The Labute approximate surface area is 284 Å². The second-order valence-electron chi connectivity index (χ2n) is 13.3. The smallest absolute Gasteiger partial charge is 0.384 e. The zero-order chi connectivity index (χ0) is 36.5. The third-order valence-electron chi connectivity index (χ3n) is 8.33. The van der Waals surface area contributed by atoms with Gasteiger partial charge < -0.3 is 19.9 Å². The number of hydrogen-bond donors (Lipinski definition) is 1. The standard InChI is InChI=1S/C33H37F9N6OSi/c1-50(2,3)17-16-49-21-48-28-19-25(33(40,41)42)26(43-11-9-22-6-4-7-23(18-22)31(34,35)36)20-27(28)45-30(48)47-14-12-46(13-15-47)29-24(32(37,38)39)8-5-10-44-29/h4-8,10,18-20,43H,9,11-17,21H2,1-3H3. The van der Waals surface area contributed by atoms with Crippen LogP contribution in [-0.2, 0) is 36.4 Å². The molecule has 7 nitrogen and oxygen atoms in total. The molecule has 272 valence electrons. The summed E-state index contributed by atoms with van der Waals surface area (Å²) in [6, 6.07) is 9.83. The Morgan fingerprint density at radius 1 is 0.800 bits per heavy atom. The average Bonchev–Trinajstić information content (AvgIpc) is 3.38. The van der Waals surface area contributed by atoms with Crippen molar-refractivity contribution in [3.8, 4) is 0 Å². The minimum atomic E-state index is -4.79. The fourth-order valence-electron chi connectivity index (χ4n) is 5.68. The van der Waals surface area contributed by atoms with Crippen LogP contribution >= 0.6 is 0 Å². The van der Waals surface area contributed by atoms with Crippen molar-refractivity contribution in [2.75, 3.05) is 54.4 Å². The first kappa shape index (κ1) is 37.3. The summed E-state index contributed by atoms with van der Waals surface area (Å²) >= 11 is 0. The maximum absolute atomic E-state index is 14.4. The SMILES string of the molecule is C[Si](C)(C)CCOCn1c(N2CCN(c3ncccc3C(F)(F)F)CC2)nc2cc(NCCc3cccc(C(F)(F)F)c3)c(C(F)(F)F)cc21. The van der Waals surface area contributed by atoms with Gasteiger partial charge in [-0.25, -0.2) is 9.97 Å². The molecule has 1 aliphatic heterocycles. The molecule has 2 aromatic carbocycles. The molecule has 0 saturated carbocycles. The maximum atomic E-state index is 14.4. The Morgan fingerprint density at radius 2 is 1.48 bits per heavy atom. The predicted molar refractivity (Wildman–Crippen MR) is 176 cm³/mol. The normalized spacial score (nSPS) is 14.9. The number of fused-ring (bicyclic) bond motifs is 1. The summed E-state index contributed by atoms with van der Waals surface area (Å²) in [5.41, 5.74) is -2.30. The maximum Gasteiger partial charge on any atom is 0.419 e. The van der Waals surface area contributed by atoms with Gasteiger partial charge in [-0.05, 0) is 48.4 Å². The molecule has 1 N–H and O–H groups in total. The molecule has 4 aromatic rings. The Balaban J connectivity index is 1.43. The largest absolute Gasteiger partial charge is 0.419 e. The summed E-state index contributed by atoms with van der Waals surface area (Å²) in [4.78, 5) is 12.0. The number of hydrogen-bond acceptors (Lipinski definition) is 6. The van der Waals surface area contributed by atoms with Gasteiger partial charge in [0.05, 0.1) is 27.7 Å². The molecule has 3 heterocycles. The number of piperazine rings is 1. The Kier molecular flexibility index (Phi) is 10.7. The van der Waals surface area contributed by atoms with Gasteiger partial charge in [0.15, 0.2) is 0 Å². The first-order valence-corrected chi connectivity index (χ1v) is 19.6. The lowest BCUT2D eigenvalue weighted by Gasteiger charge is -2.37. The zero-order valence-electron chi connectivity index (χ0n) is 27.6. The molecular weight excluding hydrogens is 695 g/mol. The van der Waals surface area contributed by atoms with E-state index in [1.807, 2.05) is 0 Å². The van der Waals surface area contributed by atoms with E-state index in [4.69, 9.17) is 4.74 Å². The van der Waals surface area contributed by atoms with Crippen LogP contribution in [0.25, 0.3) is 11.0 Å². The Bertz CT molecular complexity index is 1770. The first-order chi connectivity index (χ1) is 23.3. The highest BCUT2D eigenvalue weighted by Gasteiger charge is 2.38. The van der Waals surface area contributed by atoms with Crippen LogP contribution in [-0.4, -0.2) is 61.9 Å². The molecule has 0 atom stereocenters. The van der Waals surface area contributed by atoms with Gasteiger partial charge in [-0.3, -0.25) is 4.57 Å². The number of benzene rings is 2. The van der Waals surface area contributed by atoms with Gasteiger partial charge in [0, 0.05) is 59.3 Å². The van der Waals surface area contributed by atoms with E-state index in [1.54, 1.807) is 9.47 Å². The minimum Gasteiger partial charge on any atom is -0.384 e. The van der Waals surface area contributed by atoms with Crippen molar-refractivity contribution in [1.29, 1.82) is 0 Å². The molecule has 1 saturated heterocycles. The van der Waals surface area contributed by atoms with Gasteiger partial charge in [-0.1, -0.05) is 37.8 Å². The van der Waals surface area contributed by atoms with Gasteiger partial charge in [0.1, 0.15) is 12.5 Å². The van der Waals surface area contributed by atoms with Gasteiger partial charge in [0.2, 0.25) is 5.95 Å². The van der Waals surface area contributed by atoms with Crippen LogP contribution in [0.1, 0.15) is 22.3 Å². The van der Waals surface area contributed by atoms with Gasteiger partial charge in [-0.2, -0.15) is 39.5 Å². The number of imidazole rings is 1. The molecule has 0 bridgehead atoms. The summed E-state index contributed by atoms with van der Waals surface area (Å²) < 4.78 is 131. The van der Waals surface area contributed by atoms with Crippen molar-refractivity contribution >= 4 is 36.6 Å². The highest BCUT2D eigenvalue weighted by Crippen LogP contribution is 2.40. The lowest BCUT2D eigenvalue weighted by molar-refractivity contribution is -0.138. The number of nitrogens with one attached hydrogen (secondary N) is 1. The molecule has 1 aliphatic rings. The van der Waals surface area contributed by atoms with Crippen LogP contribution in [0.5, 0.6) is 0 Å². The van der Waals surface area contributed by atoms with E-state index in [0.29, 0.717) is 18.1 Å². The second kappa shape index (κ2) is 14.3. The van der Waals surface area contributed by atoms with Crippen molar-refractivity contribution < 1.29 is 44.3 Å². The van der Waals surface area contributed by atoms with Gasteiger partial charge in [-0.15, -0.1) is 0 Å². The summed E-state index contributed by atoms with van der Waals surface area (Å²) in [7, 11) is -1.49. The molecule has 1 fully saturated rings. The molecule has 2 aromatic heterocycles. The second-order valence-corrected chi connectivity index (χ2v) is 18.9. The molecule has 0 radical (unpaired) electrons. The van der Waals surface area contributed by atoms with Crippen molar-refractivity contribution in [3.05, 3.63) is 77.0 Å². The van der Waals surface area contributed by atoms with Crippen LogP contribution < -0.4 is 15.1 Å². The zero-order valence-corrected chi connectivity index (χ0v) is 28.6. The number of halogens is 9. The quantitative estimate of drug-likeness (QED) is 0.0946. The van der Waals surface area contributed by atoms with Crippen LogP contribution in [0.15, 0.2) is 54.7 Å². The van der Waals surface area contributed by atoms with Crippen molar-refractivity contribution in [1.82, 2.24) is 14.5 Å². The molecule has 5 rings (SSSR count). The highest BCUT2D eigenvalue weighted by molar-refractivity contribution is 6.76. The third kappa shape index (κ3) is 9.02. The third-order valence-corrected chi connectivity index (χ3v) is 10.0. The van der Waals surface area contributed by atoms with E-state index in [0.717, 1.165) is 30.3 Å². The lowest BCUT2D eigenvalue weighted by Crippen LogP contribution is -2.48. The average molecular weight is 733 g/mol. The summed E-state index contributed by atoms with van der Waals surface area (Å²) in [5.74, 6) is 0.109. The summed E-state index contributed by atoms with van der Waals surface area (Å²) in [6.07, 6.45) is -12.6. The van der Waals surface area contributed by atoms with Crippen LogP contribution in [0.3, 0.4) is 0 Å². The Hall–Kier alpha value is -3.99. The van der Waals surface area contributed by atoms with Gasteiger partial charge >= 0.3 is 18.5 Å². The number of pyridine rings is 1. The van der Waals surface area contributed by atoms with E-state index in [2.05, 4.69) is 34.9 Å². The lowest BCUT2D eigenvalue weighted by atomic mass is 10.1. The van der Waals surface area contributed by atoms with Crippen molar-refractivity contribution in [2.45, 2.75) is 57.4 Å². The van der Waals surface area contributed by atoms with E-state index in [-0.39, 0.29) is 68.4 Å². The molecule has 17 heteroatoms. The van der Waals surface area contributed by atoms with E-state index < -0.39 is 43.3 Å². The number of nitrogens with zero attached hydrogens (tertiary/aromatic N) is 5. The molecule has 0 aliphatic carbocycles. The predicted octanol–water partition coefficient (Wildman–Crippen LogP) is 8.78. The molecule has 0 unspecified atom stereocenters. The topological polar surface area (TPSA) is 58.5 Å². The first-order valence-electron chi connectivity index (χ1n) is 15.9. The summed E-state index contributed by atoms with van der Waals surface area (Å²) in [5, 5.41) is 2.74. The highest BCUT2D eigenvalue weighted by atomic mass is 28.3. The van der Waals surface area contributed by atoms with E-state index in [1.165, 1.54) is 35.4 Å². The fraction of sp³-hybridized carbons (Fsp3) is 0.455. The molecular formula is C33H37F9N6OSi. The monoisotopic (exact) mass is 732 g/mol. The summed E-state index contributed by atoms with van der Waals surface area (Å²) in [6.45, 7) is 7.40. The molecule has 0 amide bonds. The van der Waals surface area contributed by atoms with Crippen molar-refractivity contribution in [3.63, 3.8) is 0 Å². The Morgan fingerprint density at radius 3 is 2.12 bits per heavy atom. The van der Waals surface area contributed by atoms with Crippen LogP contribution in [0.4, 0.5) is 57.0 Å². The number of ether oxygens (including phenoxy) is 1. The number of anilines is 3. The van der Waals surface area contributed by atoms with E-state index in [9.17, 15) is 39.5 Å². The number of alkyl halides is 9. The number of aromatic nitrogens is 3.